The first-order valence-electron chi connectivity index (χ1n) is 9.69. The first-order valence-corrected chi connectivity index (χ1v) is 9.69. The van der Waals surface area contributed by atoms with Gasteiger partial charge in [0.2, 0.25) is 0 Å². The van der Waals surface area contributed by atoms with Crippen LogP contribution in [-0.2, 0) is 0 Å². The zero-order valence-electron chi connectivity index (χ0n) is 16.4. The van der Waals surface area contributed by atoms with E-state index < -0.39 is 0 Å². The van der Waals surface area contributed by atoms with Crippen LogP contribution >= 0.6 is 0 Å². The number of likely N-dealkylation sites (N-methyl/N-ethyl adjacent to an activating group) is 1. The Bertz CT molecular complexity index is 791. The maximum Gasteiger partial charge on any atom is 0.325 e. The normalized spacial score (nSPS) is 23.0. The van der Waals surface area contributed by atoms with E-state index in [2.05, 4.69) is 49.9 Å². The average molecular weight is 384 g/mol. The second kappa shape index (κ2) is 8.17. The zero-order valence-corrected chi connectivity index (χ0v) is 16.4. The van der Waals surface area contributed by atoms with Crippen LogP contribution in [-0.4, -0.2) is 60.3 Å². The minimum atomic E-state index is 0.106. The minimum Gasteiger partial charge on any atom is -0.424 e. The van der Waals surface area contributed by atoms with Crippen LogP contribution in [0, 0.1) is 0 Å². The number of anilines is 3. The highest BCUT2D eigenvalue weighted by molar-refractivity contribution is 5.52. The van der Waals surface area contributed by atoms with E-state index in [9.17, 15) is 0 Å². The molecule has 5 N–H and O–H groups in total. The molecule has 3 heterocycles. The predicted octanol–water partition coefficient (Wildman–Crippen LogP) is 1.23. The summed E-state index contributed by atoms with van der Waals surface area (Å²) in [6, 6.07) is 9.95. The van der Waals surface area contributed by atoms with Gasteiger partial charge in [0, 0.05) is 44.0 Å². The molecule has 2 aliphatic heterocycles. The Morgan fingerprint density at radius 3 is 2.54 bits per heavy atom. The van der Waals surface area contributed by atoms with Gasteiger partial charge in [0.25, 0.3) is 0 Å². The summed E-state index contributed by atoms with van der Waals surface area (Å²) in [5.41, 5.74) is 12.9. The highest BCUT2D eigenvalue weighted by atomic mass is 16.5. The number of nitrogens with one attached hydrogen (secondary N) is 3. The summed E-state index contributed by atoms with van der Waals surface area (Å²) in [6.45, 7) is 6.00. The smallest absolute Gasteiger partial charge is 0.325 e. The number of hydrogen-bond acceptors (Lipinski definition) is 9. The van der Waals surface area contributed by atoms with Crippen molar-refractivity contribution in [3.8, 4) is 11.8 Å². The lowest BCUT2D eigenvalue weighted by molar-refractivity contribution is 0.311. The van der Waals surface area contributed by atoms with Crippen molar-refractivity contribution in [3.05, 3.63) is 30.3 Å². The Morgan fingerprint density at radius 1 is 1.11 bits per heavy atom. The fourth-order valence-electron chi connectivity index (χ4n) is 3.36. The highest BCUT2D eigenvalue weighted by Crippen LogP contribution is 2.25. The molecular weight excluding hydrogens is 356 g/mol. The van der Waals surface area contributed by atoms with Gasteiger partial charge in [0.1, 0.15) is 17.4 Å². The largest absolute Gasteiger partial charge is 0.424 e. The van der Waals surface area contributed by atoms with E-state index in [4.69, 9.17) is 10.5 Å². The van der Waals surface area contributed by atoms with Crippen LogP contribution in [0.3, 0.4) is 0 Å². The van der Waals surface area contributed by atoms with Gasteiger partial charge in [-0.1, -0.05) is 0 Å². The number of aromatic nitrogens is 2. The molecule has 2 unspecified atom stereocenters. The van der Waals surface area contributed by atoms with Gasteiger partial charge in [-0.15, -0.1) is 0 Å². The second-order valence-corrected chi connectivity index (χ2v) is 7.48. The van der Waals surface area contributed by atoms with Crippen molar-refractivity contribution in [2.24, 2.45) is 0 Å². The molecule has 28 heavy (non-hydrogen) atoms. The Kier molecular flexibility index (Phi) is 5.47. The molecule has 0 aliphatic carbocycles. The third-order valence-electron chi connectivity index (χ3n) is 5.02. The van der Waals surface area contributed by atoms with Gasteiger partial charge in [0.05, 0.1) is 6.17 Å². The van der Waals surface area contributed by atoms with Crippen molar-refractivity contribution in [1.82, 2.24) is 25.7 Å². The summed E-state index contributed by atoms with van der Waals surface area (Å²) >= 11 is 0. The summed E-state index contributed by atoms with van der Waals surface area (Å²) in [6.07, 6.45) is 1.07. The van der Waals surface area contributed by atoms with Gasteiger partial charge in [-0.05, 0) is 44.7 Å². The first-order chi connectivity index (χ1) is 13.5. The molecule has 1 aromatic carbocycles. The molecule has 2 aliphatic rings. The van der Waals surface area contributed by atoms with E-state index in [1.54, 1.807) is 12.1 Å². The fraction of sp³-hybridized carbons (Fsp3) is 0.474. The van der Waals surface area contributed by atoms with Crippen molar-refractivity contribution >= 4 is 17.3 Å². The number of nitrogens with zero attached hydrogens (tertiary/aromatic N) is 4. The topological polar surface area (TPSA) is 104 Å². The molecule has 0 radical (unpaired) electrons. The summed E-state index contributed by atoms with van der Waals surface area (Å²) in [5, 5.41) is 3.43. The minimum absolute atomic E-state index is 0.106. The van der Waals surface area contributed by atoms with E-state index in [0.29, 0.717) is 23.5 Å². The molecule has 1 aromatic heterocycles. The number of nitrogen functional groups attached to an aromatic ring is 1. The predicted molar refractivity (Wildman–Crippen MR) is 110 cm³/mol. The SMILES string of the molecule is CC1CC(Nc2cc(N3CCN(C)CC3)nc(Oc3ccc(N)cc3)n2)NN1. The highest BCUT2D eigenvalue weighted by Gasteiger charge is 2.22. The van der Waals surface area contributed by atoms with Crippen molar-refractivity contribution < 1.29 is 4.74 Å². The molecule has 9 nitrogen and oxygen atoms in total. The number of hydrogen-bond donors (Lipinski definition) is 4. The van der Waals surface area contributed by atoms with E-state index in [-0.39, 0.29) is 6.17 Å². The van der Waals surface area contributed by atoms with Crippen molar-refractivity contribution in [3.63, 3.8) is 0 Å². The van der Waals surface area contributed by atoms with Crippen LogP contribution < -0.4 is 31.5 Å². The van der Waals surface area contributed by atoms with Crippen LogP contribution in [0.25, 0.3) is 0 Å². The molecular formula is C19H28N8O. The van der Waals surface area contributed by atoms with Gasteiger partial charge in [0.15, 0.2) is 0 Å². The Morgan fingerprint density at radius 2 is 1.86 bits per heavy atom. The standard InChI is InChI=1S/C19H28N8O/c1-13-11-17(25-24-13)21-16-12-18(27-9-7-26(2)8-10-27)23-19(22-16)28-15-5-3-14(20)4-6-15/h3-6,12-13,17,24-25H,7-11,20H2,1-2H3,(H,21,22,23). The van der Waals surface area contributed by atoms with E-state index in [1.807, 2.05) is 18.2 Å². The van der Waals surface area contributed by atoms with Gasteiger partial charge in [-0.25, -0.2) is 5.43 Å². The molecule has 0 amide bonds. The average Bonchev–Trinajstić information content (AvgIpc) is 3.09. The van der Waals surface area contributed by atoms with E-state index in [0.717, 1.165) is 44.2 Å². The molecule has 2 fully saturated rings. The summed E-state index contributed by atoms with van der Waals surface area (Å²) in [4.78, 5) is 13.8. The van der Waals surface area contributed by atoms with E-state index in [1.165, 1.54) is 0 Å². The number of benzene rings is 1. The number of rotatable bonds is 5. The molecule has 2 atom stereocenters. The van der Waals surface area contributed by atoms with Crippen molar-refractivity contribution in [2.75, 3.05) is 49.2 Å². The number of piperazine rings is 1. The maximum atomic E-state index is 5.92. The monoisotopic (exact) mass is 384 g/mol. The van der Waals surface area contributed by atoms with Gasteiger partial charge in [-0.2, -0.15) is 9.97 Å². The van der Waals surface area contributed by atoms with Gasteiger partial charge < -0.3 is 25.6 Å². The fourth-order valence-corrected chi connectivity index (χ4v) is 3.36. The lowest BCUT2D eigenvalue weighted by atomic mass is 10.2. The Hall–Kier alpha value is -2.62. The molecule has 9 heteroatoms. The molecule has 4 rings (SSSR count). The van der Waals surface area contributed by atoms with Crippen LogP contribution in [0.15, 0.2) is 30.3 Å². The van der Waals surface area contributed by atoms with Gasteiger partial charge >= 0.3 is 6.01 Å². The van der Waals surface area contributed by atoms with Crippen LogP contribution in [0.5, 0.6) is 11.8 Å². The van der Waals surface area contributed by atoms with Crippen LogP contribution in [0.1, 0.15) is 13.3 Å². The van der Waals surface area contributed by atoms with E-state index >= 15 is 0 Å². The number of hydrazine groups is 1. The Balaban J connectivity index is 1.57. The molecule has 0 bridgehead atoms. The van der Waals surface area contributed by atoms with Crippen LogP contribution in [0.2, 0.25) is 0 Å². The molecule has 0 saturated carbocycles. The number of ether oxygens (including phenoxy) is 1. The molecule has 0 spiro atoms. The van der Waals surface area contributed by atoms with Crippen LogP contribution in [0.4, 0.5) is 17.3 Å². The van der Waals surface area contributed by atoms with Crippen molar-refractivity contribution in [1.29, 1.82) is 0 Å². The Labute approximate surface area is 165 Å². The lowest BCUT2D eigenvalue weighted by Gasteiger charge is -2.33. The third kappa shape index (κ3) is 4.61. The van der Waals surface area contributed by atoms with Crippen molar-refractivity contribution in [2.45, 2.75) is 25.6 Å². The summed E-state index contributed by atoms with van der Waals surface area (Å²) < 4.78 is 5.92. The number of nitrogens with two attached hydrogens (primary N) is 1. The quantitative estimate of drug-likeness (QED) is 0.567. The second-order valence-electron chi connectivity index (χ2n) is 7.48. The zero-order chi connectivity index (χ0) is 19.5. The molecule has 150 valence electrons. The maximum absolute atomic E-state index is 5.92. The molecule has 2 saturated heterocycles. The summed E-state index contributed by atoms with van der Waals surface area (Å²) in [7, 11) is 2.14. The third-order valence-corrected chi connectivity index (χ3v) is 5.02. The molecule has 2 aromatic rings. The first kappa shape index (κ1) is 18.7. The summed E-state index contributed by atoms with van der Waals surface area (Å²) in [5.74, 6) is 2.27. The lowest BCUT2D eigenvalue weighted by Crippen LogP contribution is -2.45. The van der Waals surface area contributed by atoms with Gasteiger partial charge in [-0.3, -0.25) is 5.43 Å².